The van der Waals surface area contributed by atoms with Crippen molar-refractivity contribution in [2.45, 2.75) is 182 Å². The van der Waals surface area contributed by atoms with Gasteiger partial charge >= 0.3 is 11.9 Å². The number of nitrogens with one attached hydrogen (secondary N) is 9. The number of carbonyl (C=O) groups is 12. The lowest BCUT2D eigenvalue weighted by atomic mass is 9.95. The molecule has 0 rings (SSSR count). The van der Waals surface area contributed by atoms with Gasteiger partial charge in [0.1, 0.15) is 48.3 Å². The second kappa shape index (κ2) is 34.5. The third kappa shape index (κ3) is 26.4. The van der Waals surface area contributed by atoms with E-state index in [1.54, 1.807) is 41.5 Å². The molecule has 0 bridgehead atoms. The monoisotopic (exact) mass is 1100 g/mol. The topological polar surface area (TPSA) is 490 Å². The molecule has 0 heterocycles. The second-order valence-electron chi connectivity index (χ2n) is 20.4. The number of amides is 10. The summed E-state index contributed by atoms with van der Waals surface area (Å²) in [5.41, 5.74) is 22.1. The van der Waals surface area contributed by atoms with Gasteiger partial charge in [-0.15, -0.1) is 0 Å². The van der Waals surface area contributed by atoms with Crippen molar-refractivity contribution in [2.75, 3.05) is 13.1 Å². The molecule has 0 spiro atoms. The Kier molecular flexibility index (Phi) is 31.3. The Morgan fingerprint density at radius 3 is 1.43 bits per heavy atom. The molecule has 77 heavy (non-hydrogen) atoms. The Morgan fingerprint density at radius 2 is 0.974 bits per heavy atom. The first-order valence-electron chi connectivity index (χ1n) is 25.6. The minimum Gasteiger partial charge on any atom is -0.481 e. The number of nitrogens with two attached hydrogens (primary N) is 4. The van der Waals surface area contributed by atoms with Crippen LogP contribution in [0.5, 0.6) is 0 Å². The normalized spacial score (nSPS) is 15.5. The predicted octanol–water partition coefficient (Wildman–Crippen LogP) is -4.37. The van der Waals surface area contributed by atoms with Crippen molar-refractivity contribution in [1.82, 2.24) is 47.9 Å². The molecule has 11 atom stereocenters. The van der Waals surface area contributed by atoms with E-state index < -0.39 is 181 Å². The largest absolute Gasteiger partial charge is 0.481 e. The Hall–Kier alpha value is -7.17. The zero-order valence-electron chi connectivity index (χ0n) is 46.0. The van der Waals surface area contributed by atoms with Crippen LogP contribution < -0.4 is 70.8 Å². The summed E-state index contributed by atoms with van der Waals surface area (Å²) in [4.78, 5) is 161. The minimum atomic E-state index is -1.93. The van der Waals surface area contributed by atoms with Crippen LogP contribution in [0.1, 0.15) is 121 Å². The van der Waals surface area contributed by atoms with Crippen molar-refractivity contribution in [3.8, 4) is 0 Å². The molecule has 29 heteroatoms. The lowest BCUT2D eigenvalue weighted by Crippen LogP contribution is -2.62. The fraction of sp³-hybridized carbons (Fsp3) is 0.729. The number of rotatable bonds is 36. The van der Waals surface area contributed by atoms with Crippen LogP contribution in [0.2, 0.25) is 0 Å². The quantitative estimate of drug-likeness (QED) is 0.0160. The third-order valence-corrected chi connectivity index (χ3v) is 12.0. The van der Waals surface area contributed by atoms with E-state index in [1.165, 1.54) is 27.7 Å². The van der Waals surface area contributed by atoms with Gasteiger partial charge < -0.3 is 86.1 Å². The smallest absolute Gasteiger partial charge is 0.326 e. The van der Waals surface area contributed by atoms with Gasteiger partial charge in [-0.2, -0.15) is 0 Å². The van der Waals surface area contributed by atoms with Crippen molar-refractivity contribution in [3.63, 3.8) is 0 Å². The summed E-state index contributed by atoms with van der Waals surface area (Å²) in [5.74, 6) is -15.1. The van der Waals surface area contributed by atoms with Crippen LogP contribution in [0.4, 0.5) is 0 Å². The first-order valence-corrected chi connectivity index (χ1v) is 25.6. The van der Waals surface area contributed by atoms with E-state index in [1.807, 2.05) is 0 Å². The van der Waals surface area contributed by atoms with E-state index in [9.17, 15) is 72.9 Å². The Balaban J connectivity index is 6.51. The molecule has 438 valence electrons. The summed E-state index contributed by atoms with van der Waals surface area (Å²) in [6, 6.07) is -13.0. The molecule has 0 radical (unpaired) electrons. The fourth-order valence-electron chi connectivity index (χ4n) is 7.29. The molecule has 0 aliphatic heterocycles. The standard InChI is InChI=1S/C48H86N14O15/c1-12-25(10)37(61-39(68)27(49)14-13-17-53-48(51)52)46(75)56-29(18-21(2)3)42(71)60-34(22(4)5)44(73)57-30(19-33(66)67)41(70)55-28(15-16-31(50)64)40(69)59-35(23(6)7)45(74)62-38(26(11)63)43(72)54-20-32(65)58-36(24(8)9)47(76)77/h21-30,34-38,63H,12-20,49H2,1-11H3,(H2,50,64)(H,54,72)(H,55,70)(H,56,75)(H,57,73)(H,58,65)(H,59,69)(H,60,71)(H,61,68)(H,62,74)(H,66,67)(H,76,77)(H4,51,52,53)/t25-,26+,27-,28-,29-,30-,34-,35-,36-,37-,38-/m0/s1. The number of carbonyl (C=O) groups excluding carboxylic acids is 10. The van der Waals surface area contributed by atoms with Gasteiger partial charge in [0, 0.05) is 13.0 Å². The van der Waals surface area contributed by atoms with E-state index >= 15 is 0 Å². The van der Waals surface area contributed by atoms with E-state index in [0.717, 1.165) is 6.92 Å². The van der Waals surface area contributed by atoms with Crippen LogP contribution in [-0.4, -0.2) is 166 Å². The number of nitrogens with zero attached hydrogens (tertiary/aromatic N) is 1. The molecule has 29 nitrogen and oxygen atoms in total. The summed E-state index contributed by atoms with van der Waals surface area (Å²) in [6.45, 7) is 16.8. The number of aliphatic hydroxyl groups is 1. The molecule has 0 saturated heterocycles. The number of hydrogen-bond donors (Lipinski definition) is 16. The van der Waals surface area contributed by atoms with Crippen molar-refractivity contribution in [3.05, 3.63) is 0 Å². The lowest BCUT2D eigenvalue weighted by molar-refractivity contribution is -0.143. The molecule has 0 aromatic heterocycles. The molecule has 0 aromatic carbocycles. The number of aliphatic imine (C=N–C) groups is 1. The van der Waals surface area contributed by atoms with Gasteiger partial charge in [-0.1, -0.05) is 75.7 Å². The molecular formula is C48H86N14O15. The summed E-state index contributed by atoms with van der Waals surface area (Å²) >= 11 is 0. The summed E-state index contributed by atoms with van der Waals surface area (Å²) in [7, 11) is 0. The molecule has 0 unspecified atom stereocenters. The molecule has 10 amide bonds. The van der Waals surface area contributed by atoms with Gasteiger partial charge in [0.2, 0.25) is 59.1 Å². The van der Waals surface area contributed by atoms with Gasteiger partial charge in [-0.05, 0) is 62.2 Å². The van der Waals surface area contributed by atoms with E-state index in [-0.39, 0.29) is 31.3 Å². The average Bonchev–Trinajstić information content (AvgIpc) is 3.31. The van der Waals surface area contributed by atoms with Crippen molar-refractivity contribution in [1.29, 1.82) is 0 Å². The molecule has 0 aliphatic carbocycles. The third-order valence-electron chi connectivity index (χ3n) is 12.0. The summed E-state index contributed by atoms with van der Waals surface area (Å²) < 4.78 is 0. The number of primary amides is 1. The predicted molar refractivity (Wildman–Crippen MR) is 280 cm³/mol. The zero-order valence-corrected chi connectivity index (χ0v) is 46.0. The lowest BCUT2D eigenvalue weighted by Gasteiger charge is -2.30. The van der Waals surface area contributed by atoms with Gasteiger partial charge in [-0.3, -0.25) is 57.7 Å². The highest BCUT2D eigenvalue weighted by Gasteiger charge is 2.38. The number of aliphatic carboxylic acids is 2. The van der Waals surface area contributed by atoms with Crippen LogP contribution in [-0.2, 0) is 57.5 Å². The van der Waals surface area contributed by atoms with E-state index in [2.05, 4.69) is 52.8 Å². The number of carboxylic acid groups (broad SMARTS) is 2. The van der Waals surface area contributed by atoms with Crippen molar-refractivity contribution >= 4 is 77.0 Å². The number of aliphatic hydroxyl groups excluding tert-OH is 1. The molecule has 0 fully saturated rings. The van der Waals surface area contributed by atoms with Gasteiger partial charge in [0.15, 0.2) is 5.96 Å². The Morgan fingerprint density at radius 1 is 0.519 bits per heavy atom. The number of guanidine groups is 1. The molecular weight excluding hydrogens is 1010 g/mol. The fourth-order valence-corrected chi connectivity index (χ4v) is 7.29. The maximum Gasteiger partial charge on any atom is 0.326 e. The highest BCUT2D eigenvalue weighted by atomic mass is 16.4. The van der Waals surface area contributed by atoms with E-state index in [0.29, 0.717) is 12.8 Å². The molecule has 20 N–H and O–H groups in total. The number of hydrogen-bond acceptors (Lipinski definition) is 15. The van der Waals surface area contributed by atoms with Gasteiger partial charge in [0.05, 0.1) is 25.1 Å². The SMILES string of the molecule is CC[C@H](C)[C@H](NC(=O)[C@@H](N)CCCN=C(N)N)C(=O)N[C@@H](CC(C)C)C(=O)N[C@H](C(=O)N[C@@H](CC(=O)O)C(=O)N[C@@H](CCC(N)=O)C(=O)N[C@H](C(=O)N[C@H](C(=O)NCC(=O)N[C@H](C(=O)O)C(C)C)[C@@H](C)O)C(C)C)C(C)C. The molecule has 0 aliphatic rings. The number of carboxylic acids is 2. The first kappa shape index (κ1) is 69.8. The van der Waals surface area contributed by atoms with Crippen LogP contribution in [0.3, 0.4) is 0 Å². The van der Waals surface area contributed by atoms with Gasteiger partial charge in [0.25, 0.3) is 0 Å². The van der Waals surface area contributed by atoms with Crippen molar-refractivity contribution in [2.24, 2.45) is 57.5 Å². The highest BCUT2D eigenvalue weighted by molar-refractivity contribution is 5.99. The minimum absolute atomic E-state index is 0.0563. The maximum absolute atomic E-state index is 14.0. The Labute approximate surface area is 448 Å². The average molecular weight is 1100 g/mol. The Bertz CT molecular complexity index is 2080. The van der Waals surface area contributed by atoms with Crippen molar-refractivity contribution < 1.29 is 72.9 Å². The van der Waals surface area contributed by atoms with Crippen LogP contribution in [0.25, 0.3) is 0 Å². The summed E-state index contributed by atoms with van der Waals surface area (Å²) in [5, 5.41) is 51.3. The maximum atomic E-state index is 14.0. The summed E-state index contributed by atoms with van der Waals surface area (Å²) in [6.07, 6.45) is -2.62. The highest BCUT2D eigenvalue weighted by Crippen LogP contribution is 2.14. The van der Waals surface area contributed by atoms with E-state index in [4.69, 9.17) is 22.9 Å². The second-order valence-corrected chi connectivity index (χ2v) is 20.4. The first-order chi connectivity index (χ1) is 35.6. The molecule has 0 saturated carbocycles. The van der Waals surface area contributed by atoms with Crippen LogP contribution in [0, 0.1) is 29.6 Å². The van der Waals surface area contributed by atoms with Crippen LogP contribution in [0.15, 0.2) is 4.99 Å². The molecule has 0 aromatic rings. The van der Waals surface area contributed by atoms with Crippen LogP contribution >= 0.6 is 0 Å². The van der Waals surface area contributed by atoms with Gasteiger partial charge in [-0.25, -0.2) is 4.79 Å². The zero-order chi connectivity index (χ0) is 59.6.